The van der Waals surface area contributed by atoms with E-state index < -0.39 is 0 Å². The molecule has 1 aromatic carbocycles. The smallest absolute Gasteiger partial charge is 0.132 e. The second-order valence-electron chi connectivity index (χ2n) is 8.02. The molecule has 1 N–H and O–H groups in total. The summed E-state index contributed by atoms with van der Waals surface area (Å²) in [6.07, 6.45) is 4.75. The first-order chi connectivity index (χ1) is 15.0. The van der Waals surface area contributed by atoms with Crippen molar-refractivity contribution in [2.75, 3.05) is 32.1 Å². The highest BCUT2D eigenvalue weighted by molar-refractivity contribution is 6.30. The van der Waals surface area contributed by atoms with Gasteiger partial charge >= 0.3 is 0 Å². The lowest BCUT2D eigenvalue weighted by atomic mass is 10.0. The molecule has 1 aliphatic heterocycles. The average Bonchev–Trinajstić information content (AvgIpc) is 3.43. The molecule has 0 bridgehead atoms. The number of anilines is 1. The standard InChI is InChI=1S/C23H22ClFN6/c1-30-8-7-15(13-30)31(2)16-10-22-21(26-11-16)6-5-20(28-22)18-12-27-29-23(18)17-9-14(24)3-4-19(17)25/h3-6,9-12,15H,7-8,13H2,1-2H3,(H,27,29)/t15-/m1/s1. The highest BCUT2D eigenvalue weighted by Crippen LogP contribution is 2.33. The van der Waals surface area contributed by atoms with Gasteiger partial charge in [0.15, 0.2) is 0 Å². The highest BCUT2D eigenvalue weighted by Gasteiger charge is 2.24. The van der Waals surface area contributed by atoms with Gasteiger partial charge in [-0.15, -0.1) is 0 Å². The summed E-state index contributed by atoms with van der Waals surface area (Å²) in [5, 5.41) is 7.54. The Balaban J connectivity index is 1.53. The molecule has 8 heteroatoms. The quantitative estimate of drug-likeness (QED) is 0.505. The first kappa shape index (κ1) is 19.9. The van der Waals surface area contributed by atoms with Crippen molar-refractivity contribution in [3.63, 3.8) is 0 Å². The molecule has 0 amide bonds. The van der Waals surface area contributed by atoms with Crippen LogP contribution in [0.3, 0.4) is 0 Å². The van der Waals surface area contributed by atoms with E-state index in [0.717, 1.165) is 36.2 Å². The predicted molar refractivity (Wildman–Crippen MR) is 122 cm³/mol. The molecule has 1 aliphatic rings. The Labute approximate surface area is 184 Å². The van der Waals surface area contributed by atoms with Crippen LogP contribution in [0.5, 0.6) is 0 Å². The lowest BCUT2D eigenvalue weighted by Crippen LogP contribution is -2.33. The van der Waals surface area contributed by atoms with Crippen molar-refractivity contribution in [2.24, 2.45) is 0 Å². The zero-order chi connectivity index (χ0) is 21.5. The zero-order valence-corrected chi connectivity index (χ0v) is 18.1. The lowest BCUT2D eigenvalue weighted by Gasteiger charge is -2.26. The average molecular weight is 437 g/mol. The summed E-state index contributed by atoms with van der Waals surface area (Å²) in [5.41, 5.74) is 4.84. The molecule has 4 heterocycles. The summed E-state index contributed by atoms with van der Waals surface area (Å²) < 4.78 is 14.4. The van der Waals surface area contributed by atoms with Gasteiger partial charge in [0, 0.05) is 42.0 Å². The number of nitrogens with zero attached hydrogens (tertiary/aromatic N) is 5. The Hall–Kier alpha value is -3.03. The molecule has 1 saturated heterocycles. The van der Waals surface area contributed by atoms with Gasteiger partial charge in [-0.1, -0.05) is 11.6 Å². The molecular formula is C23H22ClFN6. The van der Waals surface area contributed by atoms with E-state index in [1.165, 1.54) is 12.1 Å². The van der Waals surface area contributed by atoms with Crippen LogP contribution < -0.4 is 4.90 Å². The Morgan fingerprint density at radius 1 is 1.16 bits per heavy atom. The Morgan fingerprint density at radius 2 is 2.03 bits per heavy atom. The van der Waals surface area contributed by atoms with Crippen molar-refractivity contribution in [1.29, 1.82) is 0 Å². The second kappa shape index (κ2) is 7.90. The number of pyridine rings is 2. The summed E-state index contributed by atoms with van der Waals surface area (Å²) in [6.45, 7) is 2.13. The number of benzene rings is 1. The summed E-state index contributed by atoms with van der Waals surface area (Å²) in [5.74, 6) is -0.384. The number of aromatic amines is 1. The first-order valence-corrected chi connectivity index (χ1v) is 10.5. The van der Waals surface area contributed by atoms with Crippen molar-refractivity contribution in [1.82, 2.24) is 25.1 Å². The maximum atomic E-state index is 14.4. The van der Waals surface area contributed by atoms with Gasteiger partial charge in [-0.25, -0.2) is 9.37 Å². The fourth-order valence-electron chi connectivity index (χ4n) is 4.15. The Kier molecular flexibility index (Phi) is 5.08. The monoisotopic (exact) mass is 436 g/mol. The number of likely N-dealkylation sites (tertiary alicyclic amines) is 1. The summed E-state index contributed by atoms with van der Waals surface area (Å²) in [4.78, 5) is 14.0. The first-order valence-electron chi connectivity index (χ1n) is 10.2. The van der Waals surface area contributed by atoms with E-state index in [0.29, 0.717) is 33.6 Å². The van der Waals surface area contributed by atoms with Gasteiger partial charge in [0.05, 0.1) is 28.6 Å². The number of H-pyrrole nitrogens is 1. The van der Waals surface area contributed by atoms with Crippen molar-refractivity contribution in [3.05, 3.63) is 59.6 Å². The van der Waals surface area contributed by atoms with Gasteiger partial charge < -0.3 is 9.80 Å². The van der Waals surface area contributed by atoms with E-state index in [4.69, 9.17) is 16.6 Å². The van der Waals surface area contributed by atoms with Crippen molar-refractivity contribution < 1.29 is 4.39 Å². The van der Waals surface area contributed by atoms with E-state index in [1.807, 2.05) is 18.3 Å². The molecule has 0 saturated carbocycles. The third-order valence-electron chi connectivity index (χ3n) is 5.94. The summed E-state index contributed by atoms with van der Waals surface area (Å²) >= 11 is 6.08. The minimum absolute atomic E-state index is 0.336. The molecule has 0 radical (unpaired) electrons. The van der Waals surface area contributed by atoms with Crippen LogP contribution in [0, 0.1) is 5.82 Å². The molecule has 1 fully saturated rings. The van der Waals surface area contributed by atoms with Crippen molar-refractivity contribution in [3.8, 4) is 22.5 Å². The number of likely N-dealkylation sites (N-methyl/N-ethyl adjacent to an activating group) is 2. The molecule has 158 valence electrons. The molecule has 6 nitrogen and oxygen atoms in total. The number of halogens is 2. The number of hydrogen-bond donors (Lipinski definition) is 1. The zero-order valence-electron chi connectivity index (χ0n) is 17.3. The maximum Gasteiger partial charge on any atom is 0.132 e. The van der Waals surface area contributed by atoms with E-state index in [2.05, 4.69) is 45.1 Å². The third kappa shape index (κ3) is 3.75. The van der Waals surface area contributed by atoms with Crippen LogP contribution in [-0.4, -0.2) is 58.3 Å². The fourth-order valence-corrected chi connectivity index (χ4v) is 4.32. The maximum absolute atomic E-state index is 14.4. The summed E-state index contributed by atoms with van der Waals surface area (Å²) in [6, 6.07) is 10.8. The Morgan fingerprint density at radius 3 is 2.84 bits per heavy atom. The van der Waals surface area contributed by atoms with Crippen LogP contribution in [0.4, 0.5) is 10.1 Å². The molecular weight excluding hydrogens is 415 g/mol. The molecule has 5 rings (SSSR count). The molecule has 31 heavy (non-hydrogen) atoms. The molecule has 4 aromatic rings. The van der Waals surface area contributed by atoms with Gasteiger partial charge in [-0.3, -0.25) is 10.1 Å². The highest BCUT2D eigenvalue weighted by atomic mass is 35.5. The second-order valence-corrected chi connectivity index (χ2v) is 8.45. The van der Waals surface area contributed by atoms with Crippen LogP contribution in [0.15, 0.2) is 48.8 Å². The molecule has 3 aromatic heterocycles. The van der Waals surface area contributed by atoms with Crippen LogP contribution in [-0.2, 0) is 0 Å². The molecule has 0 unspecified atom stereocenters. The van der Waals surface area contributed by atoms with Crippen LogP contribution in [0.25, 0.3) is 33.5 Å². The number of fused-ring (bicyclic) bond motifs is 1. The predicted octanol–water partition coefficient (Wildman–Crippen LogP) is 4.62. The van der Waals surface area contributed by atoms with Crippen LogP contribution in [0.1, 0.15) is 6.42 Å². The van der Waals surface area contributed by atoms with Gasteiger partial charge in [-0.2, -0.15) is 5.10 Å². The molecule has 0 spiro atoms. The lowest BCUT2D eigenvalue weighted by molar-refractivity contribution is 0.409. The Bertz CT molecular complexity index is 1260. The van der Waals surface area contributed by atoms with Crippen molar-refractivity contribution >= 4 is 28.3 Å². The topological polar surface area (TPSA) is 60.9 Å². The SMILES string of the molecule is CN1CC[C@@H](N(C)c2cnc3ccc(-c4c[nH]nc4-c4cc(Cl)ccc4F)nc3c2)C1. The minimum atomic E-state index is -0.384. The number of nitrogens with one attached hydrogen (secondary N) is 1. The largest absolute Gasteiger partial charge is 0.369 e. The van der Waals surface area contributed by atoms with E-state index in [9.17, 15) is 4.39 Å². The summed E-state index contributed by atoms with van der Waals surface area (Å²) in [7, 11) is 4.25. The van der Waals surface area contributed by atoms with E-state index in [-0.39, 0.29) is 5.82 Å². The number of rotatable bonds is 4. The van der Waals surface area contributed by atoms with Gasteiger partial charge in [0.2, 0.25) is 0 Å². The number of aromatic nitrogens is 4. The third-order valence-corrected chi connectivity index (χ3v) is 6.18. The van der Waals surface area contributed by atoms with Crippen LogP contribution >= 0.6 is 11.6 Å². The molecule has 1 atom stereocenters. The molecule has 0 aliphatic carbocycles. The van der Waals surface area contributed by atoms with Gasteiger partial charge in [0.1, 0.15) is 11.5 Å². The van der Waals surface area contributed by atoms with Crippen molar-refractivity contribution in [2.45, 2.75) is 12.5 Å². The van der Waals surface area contributed by atoms with E-state index in [1.54, 1.807) is 12.3 Å². The number of hydrogen-bond acceptors (Lipinski definition) is 5. The van der Waals surface area contributed by atoms with E-state index >= 15 is 0 Å². The normalized spacial score (nSPS) is 16.8. The van der Waals surface area contributed by atoms with Crippen LogP contribution in [0.2, 0.25) is 5.02 Å². The fraction of sp³-hybridized carbons (Fsp3) is 0.261. The minimum Gasteiger partial charge on any atom is -0.369 e. The van der Waals surface area contributed by atoms with Gasteiger partial charge in [-0.05, 0) is 56.4 Å². The van der Waals surface area contributed by atoms with Gasteiger partial charge in [0.25, 0.3) is 0 Å².